The Bertz CT molecular complexity index is 843. The third-order valence-electron chi connectivity index (χ3n) is 4.34. The Hall–Kier alpha value is -3.04. The number of hydrogen-bond acceptors (Lipinski definition) is 9. The first-order valence-corrected chi connectivity index (χ1v) is 9.44. The molecular weight excluding hydrogens is 380 g/mol. The number of aromatic nitrogens is 2. The summed E-state index contributed by atoms with van der Waals surface area (Å²) in [6.07, 6.45) is 2.22. The zero-order valence-corrected chi connectivity index (χ0v) is 17.5. The Morgan fingerprint density at radius 3 is 2.38 bits per heavy atom. The van der Waals surface area contributed by atoms with E-state index in [-0.39, 0.29) is 12.5 Å². The molecule has 0 amide bonds. The molecule has 0 aliphatic carbocycles. The molecule has 0 fully saturated rings. The van der Waals surface area contributed by atoms with Crippen molar-refractivity contribution < 1.29 is 24.1 Å². The van der Waals surface area contributed by atoms with Gasteiger partial charge in [-0.3, -0.25) is 0 Å². The van der Waals surface area contributed by atoms with Gasteiger partial charge in [0, 0.05) is 12.5 Å². The lowest BCUT2D eigenvalue weighted by atomic mass is 10.1. The number of nitrogens with zero attached hydrogens (tertiary/aromatic N) is 3. The van der Waals surface area contributed by atoms with E-state index < -0.39 is 5.09 Å². The molecule has 0 aliphatic heterocycles. The summed E-state index contributed by atoms with van der Waals surface area (Å²) in [5, 5.41) is 13.5. The zero-order chi connectivity index (χ0) is 21.4. The lowest BCUT2D eigenvalue weighted by Gasteiger charge is -2.18. The highest BCUT2D eigenvalue weighted by molar-refractivity contribution is 5.97. The van der Waals surface area contributed by atoms with E-state index in [1.165, 1.54) is 0 Å². The third-order valence-corrected chi connectivity index (χ3v) is 4.34. The van der Waals surface area contributed by atoms with Crippen molar-refractivity contribution in [1.29, 1.82) is 0 Å². The van der Waals surface area contributed by atoms with E-state index in [4.69, 9.17) is 14.2 Å². The molecule has 1 N–H and O–H groups in total. The van der Waals surface area contributed by atoms with Crippen LogP contribution in [0.15, 0.2) is 6.07 Å². The van der Waals surface area contributed by atoms with Gasteiger partial charge in [0.15, 0.2) is 11.5 Å². The molecule has 0 radical (unpaired) electrons. The summed E-state index contributed by atoms with van der Waals surface area (Å²) in [6.45, 7) is 4.80. The minimum absolute atomic E-state index is 0.106. The number of nitrogens with one attached hydrogen (secondary N) is 1. The molecule has 0 aliphatic rings. The number of anilines is 1. The Kier molecular flexibility index (Phi) is 8.05. The van der Waals surface area contributed by atoms with Crippen LogP contribution in [0.25, 0.3) is 10.9 Å². The van der Waals surface area contributed by atoms with Gasteiger partial charge in [0.05, 0.1) is 33.3 Å². The van der Waals surface area contributed by atoms with Crippen LogP contribution in [-0.4, -0.2) is 49.5 Å². The summed E-state index contributed by atoms with van der Waals surface area (Å²) in [4.78, 5) is 23.8. The van der Waals surface area contributed by atoms with E-state index in [9.17, 15) is 10.1 Å². The summed E-state index contributed by atoms with van der Waals surface area (Å²) in [7, 11) is 4.68. The molecule has 2 rings (SSSR count). The first-order chi connectivity index (χ1) is 13.9. The van der Waals surface area contributed by atoms with Crippen molar-refractivity contribution in [1.82, 2.24) is 9.97 Å². The summed E-state index contributed by atoms with van der Waals surface area (Å²) in [6, 6.07) is 1.83. The molecule has 0 atom stereocenters. The van der Waals surface area contributed by atoms with E-state index in [0.717, 1.165) is 18.2 Å². The van der Waals surface area contributed by atoms with E-state index in [1.54, 1.807) is 21.3 Å². The number of hydrogen-bond donors (Lipinski definition) is 1. The van der Waals surface area contributed by atoms with E-state index in [2.05, 4.69) is 20.1 Å². The largest absolute Gasteiger partial charge is 0.493 e. The first-order valence-electron chi connectivity index (χ1n) is 9.44. The number of benzene rings is 1. The predicted octanol–water partition coefficient (Wildman–Crippen LogP) is 3.57. The fourth-order valence-corrected chi connectivity index (χ4v) is 2.89. The van der Waals surface area contributed by atoms with Crippen LogP contribution in [0.4, 0.5) is 5.82 Å². The molecule has 1 heterocycles. The maximum absolute atomic E-state index is 10.2. The van der Waals surface area contributed by atoms with Crippen molar-refractivity contribution in [2.75, 3.05) is 39.8 Å². The van der Waals surface area contributed by atoms with Crippen LogP contribution in [0.3, 0.4) is 0 Å². The summed E-state index contributed by atoms with van der Waals surface area (Å²) in [5.41, 5.74) is 0.644. The van der Waals surface area contributed by atoms with Crippen molar-refractivity contribution in [3.63, 3.8) is 0 Å². The Balaban J connectivity index is 2.29. The van der Waals surface area contributed by atoms with Gasteiger partial charge in [-0.25, -0.2) is 9.97 Å². The summed E-state index contributed by atoms with van der Waals surface area (Å²) >= 11 is 0. The van der Waals surface area contributed by atoms with Crippen LogP contribution in [-0.2, 0) is 4.84 Å². The minimum atomic E-state index is -0.770. The van der Waals surface area contributed by atoms with Crippen LogP contribution in [0.1, 0.15) is 44.9 Å². The number of unbranched alkanes of at least 4 members (excludes halogenated alkanes) is 2. The number of rotatable bonds is 12. The van der Waals surface area contributed by atoms with Gasteiger partial charge in [-0.1, -0.05) is 13.8 Å². The molecule has 1 aromatic heterocycles. The van der Waals surface area contributed by atoms with Crippen molar-refractivity contribution in [2.45, 2.75) is 39.0 Å². The molecule has 0 unspecified atom stereocenters. The van der Waals surface area contributed by atoms with Gasteiger partial charge in [-0.05, 0) is 25.3 Å². The molecule has 1 aromatic carbocycles. The third kappa shape index (κ3) is 5.49. The average Bonchev–Trinajstić information content (AvgIpc) is 2.70. The molecule has 0 bridgehead atoms. The maximum atomic E-state index is 10.2. The highest BCUT2D eigenvalue weighted by Gasteiger charge is 2.21. The van der Waals surface area contributed by atoms with Crippen molar-refractivity contribution in [2.24, 2.45) is 0 Å². The van der Waals surface area contributed by atoms with Crippen LogP contribution in [0.2, 0.25) is 0 Å². The molecule has 10 heteroatoms. The standard InChI is InChI=1S/C19H28N4O6/c1-12(2)18-21-15-13(11-14(26-3)16(27-4)17(15)28-5)19(22-18)20-9-7-6-8-10-29-23(24)25/h11-12H,6-10H2,1-5H3,(H,20,21,22). The number of ether oxygens (including phenoxy) is 3. The zero-order valence-electron chi connectivity index (χ0n) is 17.5. The van der Waals surface area contributed by atoms with E-state index >= 15 is 0 Å². The van der Waals surface area contributed by atoms with Gasteiger partial charge in [0.25, 0.3) is 5.09 Å². The topological polar surface area (TPSA) is 118 Å². The second kappa shape index (κ2) is 10.5. The molecule has 0 spiro atoms. The summed E-state index contributed by atoms with van der Waals surface area (Å²) < 4.78 is 16.5. The van der Waals surface area contributed by atoms with Gasteiger partial charge >= 0.3 is 0 Å². The number of fused-ring (bicyclic) bond motifs is 1. The van der Waals surface area contributed by atoms with Crippen LogP contribution in [0.5, 0.6) is 17.2 Å². The van der Waals surface area contributed by atoms with Crippen LogP contribution in [0, 0.1) is 10.1 Å². The maximum Gasteiger partial charge on any atom is 0.294 e. The Labute approximate surface area is 169 Å². The van der Waals surface area contributed by atoms with Gasteiger partial charge in [-0.2, -0.15) is 0 Å². The van der Waals surface area contributed by atoms with Gasteiger partial charge < -0.3 is 24.4 Å². The predicted molar refractivity (Wildman–Crippen MR) is 109 cm³/mol. The fraction of sp³-hybridized carbons (Fsp3) is 0.579. The first kappa shape index (κ1) is 22.3. The minimum Gasteiger partial charge on any atom is -0.493 e. The normalized spacial score (nSPS) is 10.8. The smallest absolute Gasteiger partial charge is 0.294 e. The Morgan fingerprint density at radius 1 is 1.07 bits per heavy atom. The van der Waals surface area contributed by atoms with E-state index in [1.807, 2.05) is 19.9 Å². The van der Waals surface area contributed by atoms with Crippen molar-refractivity contribution in [3.8, 4) is 17.2 Å². The lowest BCUT2D eigenvalue weighted by Crippen LogP contribution is -2.09. The van der Waals surface area contributed by atoms with Crippen LogP contribution < -0.4 is 19.5 Å². The number of methoxy groups -OCH3 is 3. The van der Waals surface area contributed by atoms with Crippen molar-refractivity contribution in [3.05, 3.63) is 22.0 Å². The molecule has 0 saturated heterocycles. The molecule has 2 aromatic rings. The SMILES string of the molecule is COc1cc2c(NCCCCCO[N+](=O)[O-])nc(C(C)C)nc2c(OC)c1OC. The lowest BCUT2D eigenvalue weighted by molar-refractivity contribution is -0.757. The second-order valence-electron chi connectivity index (χ2n) is 6.67. The van der Waals surface area contributed by atoms with E-state index in [0.29, 0.717) is 47.4 Å². The monoisotopic (exact) mass is 408 g/mol. The molecule has 29 heavy (non-hydrogen) atoms. The highest BCUT2D eigenvalue weighted by Crippen LogP contribution is 2.44. The van der Waals surface area contributed by atoms with Gasteiger partial charge in [0.1, 0.15) is 17.2 Å². The molecule has 160 valence electrons. The second-order valence-corrected chi connectivity index (χ2v) is 6.67. The van der Waals surface area contributed by atoms with Crippen molar-refractivity contribution >= 4 is 16.7 Å². The van der Waals surface area contributed by atoms with Crippen LogP contribution >= 0.6 is 0 Å². The molecule has 10 nitrogen and oxygen atoms in total. The van der Waals surface area contributed by atoms with Gasteiger partial charge in [0.2, 0.25) is 5.75 Å². The average molecular weight is 408 g/mol. The molecule has 0 saturated carbocycles. The fourth-order valence-electron chi connectivity index (χ4n) is 2.89. The Morgan fingerprint density at radius 2 is 1.79 bits per heavy atom. The highest BCUT2D eigenvalue weighted by atomic mass is 16.9. The van der Waals surface area contributed by atoms with Gasteiger partial charge in [-0.15, -0.1) is 10.1 Å². The molecular formula is C19H28N4O6. The summed E-state index contributed by atoms with van der Waals surface area (Å²) in [5.74, 6) is 2.98. The quantitative estimate of drug-likeness (QED) is 0.319.